The number of carboxylic acids is 1. The fourth-order valence-corrected chi connectivity index (χ4v) is 0.699. The molecule has 76 valence electrons. The van der Waals surface area contributed by atoms with E-state index in [1.54, 1.807) is 0 Å². The summed E-state index contributed by atoms with van der Waals surface area (Å²) in [4.78, 5) is 21.0. The van der Waals surface area contributed by atoms with Crippen LogP contribution in [0.25, 0.3) is 0 Å². The molecule has 0 rings (SSSR count). The predicted molar refractivity (Wildman–Crippen MR) is 46.5 cm³/mol. The smallest absolute Gasteiger partial charge is 0.320 e. The highest BCUT2D eigenvalue weighted by molar-refractivity contribution is 6.18. The summed E-state index contributed by atoms with van der Waals surface area (Å²) in [6, 6.07) is -1.01. The van der Waals surface area contributed by atoms with Crippen molar-refractivity contribution in [3.8, 4) is 0 Å². The van der Waals surface area contributed by atoms with Crippen molar-refractivity contribution in [3.05, 3.63) is 0 Å². The van der Waals surface area contributed by atoms with Gasteiger partial charge in [0.2, 0.25) is 0 Å². The number of carboxylic acid groups (broad SMARTS) is 1. The summed E-state index contributed by atoms with van der Waals surface area (Å²) in [7, 11) is 0. The van der Waals surface area contributed by atoms with Crippen molar-refractivity contribution in [3.63, 3.8) is 0 Å². The zero-order valence-electron chi connectivity index (χ0n) is 7.03. The van der Waals surface area contributed by atoms with E-state index in [4.69, 9.17) is 22.4 Å². The molecular formula is C7H12ClNO4. The molecule has 0 aliphatic rings. The first-order valence-electron chi connectivity index (χ1n) is 3.78. The minimum absolute atomic E-state index is 0.00432. The molecule has 0 bridgehead atoms. The van der Waals surface area contributed by atoms with Crippen LogP contribution in [0.3, 0.4) is 0 Å². The van der Waals surface area contributed by atoms with Crippen molar-refractivity contribution in [2.24, 2.45) is 5.73 Å². The SMILES string of the molecule is N[C@H](CCC(=O)OCCCl)C(=O)O. The lowest BCUT2D eigenvalue weighted by Gasteiger charge is -2.05. The van der Waals surface area contributed by atoms with Crippen molar-refractivity contribution >= 4 is 23.5 Å². The molecule has 0 aromatic carbocycles. The highest BCUT2D eigenvalue weighted by atomic mass is 35.5. The van der Waals surface area contributed by atoms with Gasteiger partial charge in [0, 0.05) is 6.42 Å². The van der Waals surface area contributed by atoms with E-state index in [9.17, 15) is 9.59 Å². The third kappa shape index (κ3) is 6.36. The molecule has 0 unspecified atom stereocenters. The summed E-state index contributed by atoms with van der Waals surface area (Å²) < 4.78 is 4.60. The van der Waals surface area contributed by atoms with E-state index in [1.165, 1.54) is 0 Å². The van der Waals surface area contributed by atoms with Crippen molar-refractivity contribution < 1.29 is 19.4 Å². The second-order valence-corrected chi connectivity index (χ2v) is 2.77. The Morgan fingerprint density at radius 1 is 1.54 bits per heavy atom. The maximum atomic E-state index is 10.8. The molecule has 0 aliphatic heterocycles. The van der Waals surface area contributed by atoms with Crippen LogP contribution in [0.4, 0.5) is 0 Å². The average Bonchev–Trinajstić information content (AvgIpc) is 2.10. The third-order valence-electron chi connectivity index (χ3n) is 1.32. The van der Waals surface area contributed by atoms with Gasteiger partial charge in [-0.25, -0.2) is 0 Å². The lowest BCUT2D eigenvalue weighted by Crippen LogP contribution is -2.30. The first-order chi connectivity index (χ1) is 6.07. The number of carbonyl (C=O) groups is 2. The summed E-state index contributed by atoms with van der Waals surface area (Å²) in [6.45, 7) is 0.142. The topological polar surface area (TPSA) is 89.6 Å². The second kappa shape index (κ2) is 6.68. The minimum Gasteiger partial charge on any atom is -0.480 e. The molecule has 0 aromatic heterocycles. The Morgan fingerprint density at radius 2 is 2.15 bits per heavy atom. The van der Waals surface area contributed by atoms with Gasteiger partial charge in [-0.05, 0) is 6.42 Å². The van der Waals surface area contributed by atoms with Crippen LogP contribution in [0.15, 0.2) is 0 Å². The summed E-state index contributed by atoms with van der Waals surface area (Å²) in [6.07, 6.45) is 0.0841. The molecule has 0 aliphatic carbocycles. The van der Waals surface area contributed by atoms with Crippen LogP contribution in [0, 0.1) is 0 Å². The number of hydrogen-bond donors (Lipinski definition) is 2. The van der Waals surface area contributed by atoms with E-state index >= 15 is 0 Å². The number of aliphatic carboxylic acids is 1. The van der Waals surface area contributed by atoms with Crippen molar-refractivity contribution in [2.45, 2.75) is 18.9 Å². The third-order valence-corrected chi connectivity index (χ3v) is 1.47. The number of alkyl halides is 1. The lowest BCUT2D eigenvalue weighted by atomic mass is 10.2. The van der Waals surface area contributed by atoms with Crippen LogP contribution >= 0.6 is 11.6 Å². The monoisotopic (exact) mass is 209 g/mol. The molecule has 0 heterocycles. The molecule has 3 N–H and O–H groups in total. The molecule has 1 atom stereocenters. The Morgan fingerprint density at radius 3 is 2.62 bits per heavy atom. The molecule has 0 fully saturated rings. The normalized spacial score (nSPS) is 12.2. The quantitative estimate of drug-likeness (QED) is 0.473. The summed E-state index contributed by atoms with van der Waals surface area (Å²) in [5.74, 6) is -1.36. The van der Waals surface area contributed by atoms with Gasteiger partial charge in [0.15, 0.2) is 0 Å². The molecule has 0 saturated carbocycles. The molecule has 0 radical (unpaired) electrons. The van der Waals surface area contributed by atoms with Gasteiger partial charge < -0.3 is 15.6 Å². The van der Waals surface area contributed by atoms with E-state index in [1.807, 2.05) is 0 Å². The summed E-state index contributed by atoms with van der Waals surface area (Å²) >= 11 is 5.26. The maximum Gasteiger partial charge on any atom is 0.320 e. The highest BCUT2D eigenvalue weighted by Gasteiger charge is 2.13. The van der Waals surface area contributed by atoms with E-state index < -0.39 is 18.0 Å². The van der Waals surface area contributed by atoms with Gasteiger partial charge in [0.1, 0.15) is 12.6 Å². The molecule has 0 amide bonds. The van der Waals surface area contributed by atoms with Gasteiger partial charge in [-0.3, -0.25) is 9.59 Å². The van der Waals surface area contributed by atoms with Crippen LogP contribution < -0.4 is 5.73 Å². The Hall–Kier alpha value is -0.810. The largest absolute Gasteiger partial charge is 0.480 e. The van der Waals surface area contributed by atoms with Crippen molar-refractivity contribution in [2.75, 3.05) is 12.5 Å². The van der Waals surface area contributed by atoms with Crippen LogP contribution in [0.1, 0.15) is 12.8 Å². The maximum absolute atomic E-state index is 10.8. The molecule has 0 aromatic rings. The van der Waals surface area contributed by atoms with Crippen molar-refractivity contribution in [1.29, 1.82) is 0 Å². The van der Waals surface area contributed by atoms with Gasteiger partial charge in [0.25, 0.3) is 0 Å². The van der Waals surface area contributed by atoms with Gasteiger partial charge in [-0.2, -0.15) is 0 Å². The average molecular weight is 210 g/mol. The zero-order valence-corrected chi connectivity index (χ0v) is 7.79. The van der Waals surface area contributed by atoms with Gasteiger partial charge in [-0.1, -0.05) is 0 Å². The van der Waals surface area contributed by atoms with Crippen LogP contribution in [-0.2, 0) is 14.3 Å². The van der Waals surface area contributed by atoms with Gasteiger partial charge in [0.05, 0.1) is 5.88 Å². The predicted octanol–water partition coefficient (Wildman–Crippen LogP) is -0.0395. The van der Waals surface area contributed by atoms with Gasteiger partial charge in [-0.15, -0.1) is 11.6 Å². The van der Waals surface area contributed by atoms with Crippen LogP contribution in [0.5, 0.6) is 0 Å². The van der Waals surface area contributed by atoms with E-state index in [0.717, 1.165) is 0 Å². The van der Waals surface area contributed by atoms with Crippen molar-refractivity contribution in [1.82, 2.24) is 0 Å². The van der Waals surface area contributed by atoms with Crippen LogP contribution in [-0.4, -0.2) is 35.6 Å². The Kier molecular flexibility index (Phi) is 6.26. The fourth-order valence-electron chi connectivity index (χ4n) is 0.621. The lowest BCUT2D eigenvalue weighted by molar-refractivity contribution is -0.143. The Labute approximate surface area is 80.8 Å². The number of ether oxygens (including phenoxy) is 1. The zero-order chi connectivity index (χ0) is 10.3. The molecule has 0 spiro atoms. The fraction of sp³-hybridized carbons (Fsp3) is 0.714. The standard InChI is InChI=1S/C7H12ClNO4/c8-3-4-13-6(10)2-1-5(9)7(11)12/h5H,1-4,9H2,(H,11,12)/t5-/m1/s1. The van der Waals surface area contributed by atoms with Crippen LogP contribution in [0.2, 0.25) is 0 Å². The first kappa shape index (κ1) is 12.2. The molecular weight excluding hydrogens is 198 g/mol. The van der Waals surface area contributed by atoms with Gasteiger partial charge >= 0.3 is 11.9 Å². The van der Waals surface area contributed by atoms with E-state index in [0.29, 0.717) is 0 Å². The number of hydrogen-bond acceptors (Lipinski definition) is 4. The Balaban J connectivity index is 3.52. The number of rotatable bonds is 6. The first-order valence-corrected chi connectivity index (χ1v) is 4.31. The minimum atomic E-state index is -1.12. The number of carbonyl (C=O) groups excluding carboxylic acids is 1. The van der Waals surface area contributed by atoms with E-state index in [2.05, 4.69) is 4.74 Å². The molecule has 0 saturated heterocycles. The number of nitrogens with two attached hydrogens (primary N) is 1. The summed E-state index contributed by atoms with van der Waals surface area (Å²) in [5, 5.41) is 8.37. The Bertz CT molecular complexity index is 185. The number of halogens is 1. The molecule has 5 nitrogen and oxygen atoms in total. The molecule has 6 heteroatoms. The summed E-state index contributed by atoms with van der Waals surface area (Å²) in [5.41, 5.74) is 5.16. The van der Waals surface area contributed by atoms with E-state index in [-0.39, 0.29) is 25.3 Å². The number of esters is 1. The highest BCUT2D eigenvalue weighted by Crippen LogP contribution is 1.97. The molecule has 13 heavy (non-hydrogen) atoms. The second-order valence-electron chi connectivity index (χ2n) is 2.39.